The molecular weight excluding hydrogens is 236 g/mol. The number of piperazine rings is 1. The van der Waals surface area contributed by atoms with E-state index >= 15 is 0 Å². The minimum atomic E-state index is 0.329. The molecule has 3 atom stereocenters. The summed E-state index contributed by atoms with van der Waals surface area (Å²) in [5, 5.41) is 3.61. The minimum absolute atomic E-state index is 0.329. The second-order valence-corrected chi connectivity index (χ2v) is 5.87. The number of rotatable bonds is 3. The Labute approximate surface area is 115 Å². The molecule has 3 rings (SSSR count). The molecule has 3 unspecified atom stereocenters. The van der Waals surface area contributed by atoms with Crippen LogP contribution in [0, 0.1) is 0 Å². The van der Waals surface area contributed by atoms with Crippen LogP contribution in [0.3, 0.4) is 0 Å². The van der Waals surface area contributed by atoms with Crippen molar-refractivity contribution in [2.24, 2.45) is 0 Å². The van der Waals surface area contributed by atoms with E-state index in [0.29, 0.717) is 18.2 Å². The van der Waals surface area contributed by atoms with Gasteiger partial charge in [-0.05, 0) is 25.0 Å². The van der Waals surface area contributed by atoms with Crippen molar-refractivity contribution in [2.45, 2.75) is 44.9 Å². The van der Waals surface area contributed by atoms with E-state index in [0.717, 1.165) is 31.8 Å². The second kappa shape index (κ2) is 5.51. The van der Waals surface area contributed by atoms with Crippen molar-refractivity contribution in [1.29, 1.82) is 0 Å². The third-order valence-corrected chi connectivity index (χ3v) is 4.42. The van der Waals surface area contributed by atoms with Gasteiger partial charge in [0.05, 0.1) is 0 Å². The van der Waals surface area contributed by atoms with Crippen molar-refractivity contribution in [3.8, 4) is 5.75 Å². The highest BCUT2D eigenvalue weighted by molar-refractivity contribution is 5.37. The molecule has 1 N–H and O–H groups in total. The van der Waals surface area contributed by atoms with Gasteiger partial charge in [0.25, 0.3) is 0 Å². The molecule has 0 aliphatic carbocycles. The zero-order valence-corrected chi connectivity index (χ0v) is 11.9. The maximum absolute atomic E-state index is 6.06. The van der Waals surface area contributed by atoms with Crippen molar-refractivity contribution in [1.82, 2.24) is 10.2 Å². The summed E-state index contributed by atoms with van der Waals surface area (Å²) >= 11 is 0. The summed E-state index contributed by atoms with van der Waals surface area (Å²) in [7, 11) is 0. The van der Waals surface area contributed by atoms with Crippen LogP contribution in [-0.4, -0.2) is 42.7 Å². The summed E-state index contributed by atoms with van der Waals surface area (Å²) in [6.07, 6.45) is 2.59. The summed E-state index contributed by atoms with van der Waals surface area (Å²) in [6, 6.07) is 9.68. The first-order chi connectivity index (χ1) is 9.26. The Morgan fingerprint density at radius 2 is 2.21 bits per heavy atom. The number of para-hydroxylation sites is 1. The van der Waals surface area contributed by atoms with Gasteiger partial charge in [-0.15, -0.1) is 0 Å². The van der Waals surface area contributed by atoms with E-state index in [-0.39, 0.29) is 0 Å². The summed E-state index contributed by atoms with van der Waals surface area (Å²) in [4.78, 5) is 2.58. The molecule has 0 amide bonds. The molecule has 19 heavy (non-hydrogen) atoms. The van der Waals surface area contributed by atoms with Gasteiger partial charge in [0, 0.05) is 38.1 Å². The normalized spacial score (nSPS) is 30.9. The molecule has 2 heterocycles. The predicted molar refractivity (Wildman–Crippen MR) is 77.7 cm³/mol. The van der Waals surface area contributed by atoms with Crippen LogP contribution < -0.4 is 10.1 Å². The van der Waals surface area contributed by atoms with Gasteiger partial charge in [-0.2, -0.15) is 0 Å². The Balaban J connectivity index is 1.60. The van der Waals surface area contributed by atoms with E-state index in [9.17, 15) is 0 Å². The van der Waals surface area contributed by atoms with Crippen LogP contribution in [0.4, 0.5) is 0 Å². The third kappa shape index (κ3) is 2.77. The molecule has 3 nitrogen and oxygen atoms in total. The molecule has 3 heteroatoms. The first-order valence-electron chi connectivity index (χ1n) is 7.48. The summed E-state index contributed by atoms with van der Waals surface area (Å²) < 4.78 is 6.06. The maximum Gasteiger partial charge on any atom is 0.123 e. The predicted octanol–water partition coefficient (Wildman–Crippen LogP) is 2.06. The van der Waals surface area contributed by atoms with E-state index in [2.05, 4.69) is 48.3 Å². The summed E-state index contributed by atoms with van der Waals surface area (Å²) in [5.41, 5.74) is 1.36. The lowest BCUT2D eigenvalue weighted by Crippen LogP contribution is -2.57. The fourth-order valence-electron chi connectivity index (χ4n) is 3.14. The monoisotopic (exact) mass is 260 g/mol. The number of hydrogen-bond donors (Lipinski definition) is 1. The topological polar surface area (TPSA) is 24.5 Å². The van der Waals surface area contributed by atoms with E-state index < -0.39 is 0 Å². The lowest BCUT2D eigenvalue weighted by Gasteiger charge is -2.39. The average molecular weight is 260 g/mol. The van der Waals surface area contributed by atoms with Gasteiger partial charge in [-0.25, -0.2) is 0 Å². The third-order valence-electron chi connectivity index (χ3n) is 4.42. The molecule has 0 saturated carbocycles. The molecular formula is C16H24N2O. The number of benzene rings is 1. The zero-order chi connectivity index (χ0) is 13.2. The first kappa shape index (κ1) is 12.9. The number of fused-ring (bicyclic) bond motifs is 1. The molecule has 0 bridgehead atoms. The molecule has 0 aromatic heterocycles. The van der Waals surface area contributed by atoms with Crippen molar-refractivity contribution < 1.29 is 4.74 Å². The van der Waals surface area contributed by atoms with Crippen LogP contribution in [-0.2, 0) is 6.42 Å². The Bertz CT molecular complexity index is 410. The molecule has 2 aliphatic heterocycles. The van der Waals surface area contributed by atoms with Crippen molar-refractivity contribution in [2.75, 3.05) is 19.6 Å². The van der Waals surface area contributed by atoms with Gasteiger partial charge >= 0.3 is 0 Å². The van der Waals surface area contributed by atoms with E-state index in [4.69, 9.17) is 4.74 Å². The Morgan fingerprint density at radius 1 is 1.37 bits per heavy atom. The molecule has 104 valence electrons. The lowest BCUT2D eigenvalue weighted by atomic mass is 10.1. The van der Waals surface area contributed by atoms with Gasteiger partial charge in [0.15, 0.2) is 0 Å². The van der Waals surface area contributed by atoms with Crippen molar-refractivity contribution in [3.63, 3.8) is 0 Å². The van der Waals surface area contributed by atoms with Crippen LogP contribution >= 0.6 is 0 Å². The first-order valence-corrected chi connectivity index (χ1v) is 7.48. The molecule has 1 aromatic carbocycles. The summed E-state index contributed by atoms with van der Waals surface area (Å²) in [5.74, 6) is 1.09. The second-order valence-electron chi connectivity index (χ2n) is 5.87. The number of nitrogens with one attached hydrogen (secondary N) is 1. The number of nitrogens with zero attached hydrogens (tertiary/aromatic N) is 1. The van der Waals surface area contributed by atoms with E-state index in [1.807, 2.05) is 0 Å². The van der Waals surface area contributed by atoms with E-state index in [1.165, 1.54) is 12.0 Å². The highest BCUT2D eigenvalue weighted by Gasteiger charge is 2.29. The lowest BCUT2D eigenvalue weighted by molar-refractivity contribution is 0.0866. The molecule has 0 spiro atoms. The fourth-order valence-corrected chi connectivity index (χ4v) is 3.14. The quantitative estimate of drug-likeness (QED) is 0.900. The zero-order valence-electron chi connectivity index (χ0n) is 11.9. The van der Waals surface area contributed by atoms with E-state index in [1.54, 1.807) is 0 Å². The summed E-state index contributed by atoms with van der Waals surface area (Å²) in [6.45, 7) is 7.86. The van der Waals surface area contributed by atoms with Crippen molar-refractivity contribution >= 4 is 0 Å². The van der Waals surface area contributed by atoms with Gasteiger partial charge < -0.3 is 10.1 Å². The molecule has 2 aliphatic rings. The molecule has 1 saturated heterocycles. The van der Waals surface area contributed by atoms with Gasteiger partial charge in [0.1, 0.15) is 11.9 Å². The SMILES string of the molecule is CCC1CN(CC2Cc3ccccc3O2)C(C)CN1. The van der Waals surface area contributed by atoms with Gasteiger partial charge in [-0.1, -0.05) is 25.1 Å². The Hall–Kier alpha value is -1.06. The Kier molecular flexibility index (Phi) is 3.76. The Morgan fingerprint density at radius 3 is 3.00 bits per heavy atom. The fraction of sp³-hybridized carbons (Fsp3) is 0.625. The van der Waals surface area contributed by atoms with Crippen LogP contribution in [0.1, 0.15) is 25.8 Å². The highest BCUT2D eigenvalue weighted by atomic mass is 16.5. The molecule has 1 fully saturated rings. The number of hydrogen-bond acceptors (Lipinski definition) is 3. The van der Waals surface area contributed by atoms with Crippen LogP contribution in [0.5, 0.6) is 5.75 Å². The van der Waals surface area contributed by atoms with Crippen molar-refractivity contribution in [3.05, 3.63) is 29.8 Å². The number of ether oxygens (including phenoxy) is 1. The average Bonchev–Trinajstić information content (AvgIpc) is 2.83. The van der Waals surface area contributed by atoms with Crippen LogP contribution in [0.25, 0.3) is 0 Å². The smallest absolute Gasteiger partial charge is 0.123 e. The van der Waals surface area contributed by atoms with Gasteiger partial charge in [-0.3, -0.25) is 4.90 Å². The largest absolute Gasteiger partial charge is 0.488 e. The molecule has 0 radical (unpaired) electrons. The highest BCUT2D eigenvalue weighted by Crippen LogP contribution is 2.28. The molecule has 1 aromatic rings. The maximum atomic E-state index is 6.06. The van der Waals surface area contributed by atoms with Gasteiger partial charge in [0.2, 0.25) is 0 Å². The van der Waals surface area contributed by atoms with Crippen LogP contribution in [0.15, 0.2) is 24.3 Å². The standard InChI is InChI=1S/C16H24N2O/c1-3-14-10-18(12(2)9-17-14)11-15-8-13-6-4-5-7-16(13)19-15/h4-7,12,14-15,17H,3,8-11H2,1-2H3. The minimum Gasteiger partial charge on any atom is -0.488 e. The van der Waals surface area contributed by atoms with Crippen LogP contribution in [0.2, 0.25) is 0 Å².